The Labute approximate surface area is 236 Å². The number of rotatable bonds is 13. The van der Waals surface area contributed by atoms with Gasteiger partial charge in [0.2, 0.25) is 21.8 Å². The van der Waals surface area contributed by atoms with Crippen molar-refractivity contribution in [2.45, 2.75) is 45.7 Å². The van der Waals surface area contributed by atoms with Gasteiger partial charge in [0.15, 0.2) is 0 Å². The van der Waals surface area contributed by atoms with Crippen LogP contribution < -0.4 is 9.62 Å². The van der Waals surface area contributed by atoms with Crippen molar-refractivity contribution in [3.05, 3.63) is 101 Å². The van der Waals surface area contributed by atoms with E-state index in [2.05, 4.69) is 5.32 Å². The summed E-state index contributed by atoms with van der Waals surface area (Å²) in [7, 11) is -3.80. The molecule has 208 valence electrons. The average Bonchev–Trinajstić information content (AvgIpc) is 2.91. The van der Waals surface area contributed by atoms with Gasteiger partial charge in [-0.2, -0.15) is 0 Å². The van der Waals surface area contributed by atoms with Gasteiger partial charge in [-0.15, -0.1) is 0 Å². The zero-order valence-electron chi connectivity index (χ0n) is 22.6. The van der Waals surface area contributed by atoms with E-state index >= 15 is 0 Å². The maximum atomic E-state index is 14.0. The van der Waals surface area contributed by atoms with Crippen LogP contribution in [0.15, 0.2) is 78.9 Å². The molecule has 39 heavy (non-hydrogen) atoms. The third-order valence-electron chi connectivity index (χ3n) is 6.40. The standard InChI is InChI=1S/C30H36ClN3O4S/c1-4-5-19-32-30(36)28(20-24-11-7-6-8-12-24)33(21-25-13-9-10-14-27(25)31)29(35)22-34(39(3,37)38)26-17-15-23(2)16-18-26/h6-18,28H,4-5,19-22H2,1-3H3,(H,32,36)/t28-/m0/s1. The van der Waals surface area contributed by atoms with Crippen LogP contribution in [-0.4, -0.2) is 50.5 Å². The Bertz CT molecular complexity index is 1350. The van der Waals surface area contributed by atoms with E-state index in [0.717, 1.165) is 34.5 Å². The van der Waals surface area contributed by atoms with Crippen LogP contribution in [0.1, 0.15) is 36.5 Å². The minimum absolute atomic E-state index is 0.0443. The van der Waals surface area contributed by atoms with Crippen LogP contribution in [0.4, 0.5) is 5.69 Å². The normalized spacial score (nSPS) is 12.0. The summed E-state index contributed by atoms with van der Waals surface area (Å²) in [5, 5.41) is 3.42. The molecular weight excluding hydrogens is 534 g/mol. The van der Waals surface area contributed by atoms with Gasteiger partial charge >= 0.3 is 0 Å². The number of halogens is 1. The number of hydrogen-bond donors (Lipinski definition) is 1. The van der Waals surface area contributed by atoms with Gasteiger partial charge in [-0.1, -0.05) is 91.2 Å². The van der Waals surface area contributed by atoms with Crippen molar-refractivity contribution >= 4 is 39.1 Å². The number of benzene rings is 3. The lowest BCUT2D eigenvalue weighted by Gasteiger charge is -2.33. The molecule has 0 spiro atoms. The second-order valence-electron chi connectivity index (χ2n) is 9.57. The van der Waals surface area contributed by atoms with Gasteiger partial charge in [0, 0.05) is 24.5 Å². The van der Waals surface area contributed by atoms with Gasteiger partial charge < -0.3 is 10.2 Å². The summed E-state index contributed by atoms with van der Waals surface area (Å²) in [4.78, 5) is 29.0. The van der Waals surface area contributed by atoms with Crippen LogP contribution >= 0.6 is 11.6 Å². The van der Waals surface area contributed by atoms with E-state index in [9.17, 15) is 18.0 Å². The first-order valence-electron chi connectivity index (χ1n) is 13.0. The molecule has 0 aliphatic carbocycles. The number of carbonyl (C=O) groups excluding carboxylic acids is 2. The zero-order valence-corrected chi connectivity index (χ0v) is 24.2. The molecular formula is C30H36ClN3O4S. The molecule has 3 aromatic rings. The Kier molecular flexibility index (Phi) is 10.9. The Hall–Kier alpha value is -3.36. The molecule has 0 radical (unpaired) electrons. The van der Waals surface area contributed by atoms with Crippen LogP contribution in [0.5, 0.6) is 0 Å². The summed E-state index contributed by atoms with van der Waals surface area (Å²) < 4.78 is 26.7. The minimum atomic E-state index is -3.80. The first-order valence-corrected chi connectivity index (χ1v) is 15.2. The maximum absolute atomic E-state index is 14.0. The van der Waals surface area contributed by atoms with E-state index in [1.165, 1.54) is 4.90 Å². The number of nitrogens with zero attached hydrogens (tertiary/aromatic N) is 2. The number of carbonyl (C=O) groups is 2. The lowest BCUT2D eigenvalue weighted by atomic mass is 10.0. The Morgan fingerprint density at radius 3 is 2.21 bits per heavy atom. The Morgan fingerprint density at radius 1 is 0.949 bits per heavy atom. The fourth-order valence-corrected chi connectivity index (χ4v) is 5.24. The Balaban J connectivity index is 2.03. The number of amides is 2. The highest BCUT2D eigenvalue weighted by atomic mass is 35.5. The zero-order chi connectivity index (χ0) is 28.4. The fraction of sp³-hybridized carbons (Fsp3) is 0.333. The van der Waals surface area contributed by atoms with Gasteiger partial charge in [-0.3, -0.25) is 13.9 Å². The molecule has 0 aliphatic rings. The predicted octanol–water partition coefficient (Wildman–Crippen LogP) is 4.97. The molecule has 3 aromatic carbocycles. The molecule has 0 bridgehead atoms. The van der Waals surface area contributed by atoms with E-state index in [1.807, 2.05) is 50.2 Å². The lowest BCUT2D eigenvalue weighted by Crippen LogP contribution is -2.53. The molecule has 9 heteroatoms. The highest BCUT2D eigenvalue weighted by Gasteiger charge is 2.33. The second kappa shape index (κ2) is 14.1. The van der Waals surface area contributed by atoms with Gasteiger partial charge in [0.1, 0.15) is 12.6 Å². The quantitative estimate of drug-likeness (QED) is 0.294. The number of aryl methyl sites for hydroxylation is 1. The summed E-state index contributed by atoms with van der Waals surface area (Å²) in [6, 6.07) is 22.6. The monoisotopic (exact) mass is 569 g/mol. The van der Waals surface area contributed by atoms with Crippen molar-refractivity contribution in [1.29, 1.82) is 0 Å². The molecule has 7 nitrogen and oxygen atoms in total. The van der Waals surface area contributed by atoms with Gasteiger partial charge in [0.25, 0.3) is 0 Å². The van der Waals surface area contributed by atoms with Crippen LogP contribution in [0.3, 0.4) is 0 Å². The largest absolute Gasteiger partial charge is 0.354 e. The molecule has 1 atom stereocenters. The van der Waals surface area contributed by atoms with Crippen molar-refractivity contribution in [2.24, 2.45) is 0 Å². The maximum Gasteiger partial charge on any atom is 0.244 e. The topological polar surface area (TPSA) is 86.8 Å². The average molecular weight is 570 g/mol. The SMILES string of the molecule is CCCCNC(=O)[C@H](Cc1ccccc1)N(Cc1ccccc1Cl)C(=O)CN(c1ccc(C)cc1)S(C)(=O)=O. The molecule has 0 saturated carbocycles. The first-order chi connectivity index (χ1) is 18.6. The van der Waals surface area contributed by atoms with Crippen molar-refractivity contribution in [3.63, 3.8) is 0 Å². The Morgan fingerprint density at radius 2 is 1.59 bits per heavy atom. The third-order valence-corrected chi connectivity index (χ3v) is 7.91. The first kappa shape index (κ1) is 30.2. The molecule has 0 saturated heterocycles. The summed E-state index contributed by atoms with van der Waals surface area (Å²) >= 11 is 6.46. The number of nitrogens with one attached hydrogen (secondary N) is 1. The number of hydrogen-bond acceptors (Lipinski definition) is 4. The van der Waals surface area contributed by atoms with Crippen molar-refractivity contribution in [1.82, 2.24) is 10.2 Å². The third kappa shape index (κ3) is 8.83. The molecule has 1 N–H and O–H groups in total. The summed E-state index contributed by atoms with van der Waals surface area (Å²) in [6.45, 7) is 4.00. The van der Waals surface area contributed by atoms with Crippen molar-refractivity contribution in [3.8, 4) is 0 Å². The summed E-state index contributed by atoms with van der Waals surface area (Å²) in [5.74, 6) is -0.804. The van der Waals surface area contributed by atoms with E-state index in [1.54, 1.807) is 42.5 Å². The predicted molar refractivity (Wildman–Crippen MR) is 157 cm³/mol. The number of anilines is 1. The van der Waals surface area contributed by atoms with Gasteiger partial charge in [0.05, 0.1) is 11.9 Å². The second-order valence-corrected chi connectivity index (χ2v) is 11.9. The van der Waals surface area contributed by atoms with Crippen molar-refractivity contribution < 1.29 is 18.0 Å². The van der Waals surface area contributed by atoms with E-state index < -0.39 is 28.5 Å². The van der Waals surface area contributed by atoms with Crippen molar-refractivity contribution in [2.75, 3.05) is 23.7 Å². The molecule has 0 aliphatic heterocycles. The molecule has 2 amide bonds. The highest BCUT2D eigenvalue weighted by Crippen LogP contribution is 2.23. The van der Waals surface area contributed by atoms with E-state index in [4.69, 9.17) is 11.6 Å². The number of unbranched alkanes of at least 4 members (excludes halogenated alkanes) is 1. The van der Waals surface area contributed by atoms with Crippen LogP contribution in [0.2, 0.25) is 5.02 Å². The molecule has 0 heterocycles. The van der Waals surface area contributed by atoms with Gasteiger partial charge in [-0.25, -0.2) is 8.42 Å². The van der Waals surface area contributed by atoms with E-state index in [0.29, 0.717) is 22.8 Å². The summed E-state index contributed by atoms with van der Waals surface area (Å²) in [6.07, 6.45) is 3.04. The minimum Gasteiger partial charge on any atom is -0.354 e. The van der Waals surface area contributed by atoms with Crippen LogP contribution in [-0.2, 0) is 32.6 Å². The molecule has 0 aromatic heterocycles. The van der Waals surface area contributed by atoms with Crippen LogP contribution in [0.25, 0.3) is 0 Å². The smallest absolute Gasteiger partial charge is 0.244 e. The molecule has 0 fully saturated rings. The summed E-state index contributed by atoms with van der Waals surface area (Å²) in [5.41, 5.74) is 2.88. The van der Waals surface area contributed by atoms with Gasteiger partial charge in [-0.05, 0) is 42.7 Å². The lowest BCUT2D eigenvalue weighted by molar-refractivity contribution is -0.140. The number of sulfonamides is 1. The molecule has 0 unspecified atom stereocenters. The molecule has 3 rings (SSSR count). The van der Waals surface area contributed by atoms with E-state index in [-0.39, 0.29) is 18.9 Å². The van der Waals surface area contributed by atoms with Crippen LogP contribution in [0, 0.1) is 6.92 Å². The highest BCUT2D eigenvalue weighted by molar-refractivity contribution is 7.92. The fourth-order valence-electron chi connectivity index (χ4n) is 4.20.